The number of rotatable bonds is 2. The topological polar surface area (TPSA) is 78.9 Å². The number of nitrogens with zero attached hydrogens (tertiary/aromatic N) is 1. The normalized spacial score (nSPS) is 15.4. The van der Waals surface area contributed by atoms with Crippen molar-refractivity contribution in [3.05, 3.63) is 40.9 Å². The summed E-state index contributed by atoms with van der Waals surface area (Å²) in [7, 11) is 0. The highest BCUT2D eigenvalue weighted by molar-refractivity contribution is 7.81. The largest absolute Gasteiger partial charge is 0.511 e. The number of benzene rings is 1. The fourth-order valence-corrected chi connectivity index (χ4v) is 2.84. The van der Waals surface area contributed by atoms with Gasteiger partial charge in [-0.1, -0.05) is 18.3 Å². The number of ether oxygens (including phenoxy) is 1. The van der Waals surface area contributed by atoms with E-state index in [2.05, 4.69) is 5.32 Å². The van der Waals surface area contributed by atoms with Crippen molar-refractivity contribution in [3.63, 3.8) is 0 Å². The van der Waals surface area contributed by atoms with Crippen LogP contribution in [0.2, 0.25) is 0 Å². The van der Waals surface area contributed by atoms with E-state index >= 15 is 0 Å². The molecule has 0 unspecified atom stereocenters. The number of carbonyl (C=O) groups excluding carboxylic acids is 2. The number of alkyl halides is 3. The number of carbonyl (C=O) groups is 2. The van der Waals surface area contributed by atoms with E-state index in [9.17, 15) is 32.3 Å². The zero-order valence-electron chi connectivity index (χ0n) is 15.7. The predicted molar refractivity (Wildman–Crippen MR) is 99.8 cm³/mol. The van der Waals surface area contributed by atoms with Crippen LogP contribution in [0.1, 0.15) is 32.8 Å². The van der Waals surface area contributed by atoms with Crippen molar-refractivity contribution >= 4 is 34.9 Å². The minimum absolute atomic E-state index is 0.169. The van der Waals surface area contributed by atoms with Gasteiger partial charge in [-0.25, -0.2) is 14.1 Å². The molecule has 0 aliphatic carbocycles. The smallest absolute Gasteiger partial charge is 0.421 e. The van der Waals surface area contributed by atoms with E-state index in [1.807, 2.05) is 0 Å². The summed E-state index contributed by atoms with van der Waals surface area (Å²) in [5.41, 5.74) is -3.79. The number of aliphatic hydroxyl groups is 1. The Hall–Kier alpha value is -2.69. The summed E-state index contributed by atoms with van der Waals surface area (Å²) < 4.78 is 58.3. The minimum Gasteiger partial charge on any atom is -0.511 e. The van der Waals surface area contributed by atoms with Crippen LogP contribution in [0.4, 0.5) is 28.0 Å². The molecule has 0 fully saturated rings. The van der Waals surface area contributed by atoms with Crippen LogP contribution in [0, 0.1) is 5.82 Å². The van der Waals surface area contributed by atoms with Gasteiger partial charge in [0.1, 0.15) is 33.3 Å². The number of aliphatic hydroxyl groups excluding tert-OH is 1. The standard InChI is InChI=1S/C18H18F4N2O4S/c1-17(2,3)28-16(27)24-8-7-11(25)12(15(24)26)14(29)23-10-6-4-5-9(19)13(10)18(20,21)22/h4-6,25H,7-8H2,1-3H3,(H,23,29). The Bertz CT molecular complexity index is 891. The van der Waals surface area contributed by atoms with E-state index in [0.717, 1.165) is 12.1 Å². The van der Waals surface area contributed by atoms with Crippen LogP contribution in [-0.2, 0) is 15.7 Å². The lowest BCUT2D eigenvalue weighted by molar-refractivity contribution is -0.139. The third-order valence-electron chi connectivity index (χ3n) is 3.71. The van der Waals surface area contributed by atoms with Crippen molar-refractivity contribution in [2.24, 2.45) is 0 Å². The van der Waals surface area contributed by atoms with Crippen molar-refractivity contribution < 1.29 is 37.0 Å². The Morgan fingerprint density at radius 1 is 1.28 bits per heavy atom. The first kappa shape index (κ1) is 22.6. The van der Waals surface area contributed by atoms with Gasteiger partial charge in [0.15, 0.2) is 0 Å². The quantitative estimate of drug-likeness (QED) is 0.525. The molecule has 158 valence electrons. The van der Waals surface area contributed by atoms with E-state index in [4.69, 9.17) is 17.0 Å². The van der Waals surface area contributed by atoms with Crippen molar-refractivity contribution in [2.45, 2.75) is 39.0 Å². The lowest BCUT2D eigenvalue weighted by atomic mass is 10.1. The molecule has 1 heterocycles. The molecular weight excluding hydrogens is 416 g/mol. The maximum atomic E-state index is 13.7. The molecule has 2 rings (SSSR count). The van der Waals surface area contributed by atoms with Gasteiger partial charge in [-0.05, 0) is 32.9 Å². The summed E-state index contributed by atoms with van der Waals surface area (Å²) in [5.74, 6) is -3.07. The van der Waals surface area contributed by atoms with Crippen LogP contribution in [0.3, 0.4) is 0 Å². The monoisotopic (exact) mass is 434 g/mol. The van der Waals surface area contributed by atoms with E-state index in [1.165, 1.54) is 0 Å². The number of hydrogen-bond acceptors (Lipinski definition) is 5. The molecule has 1 aliphatic heterocycles. The van der Waals surface area contributed by atoms with E-state index in [0.29, 0.717) is 11.0 Å². The third-order valence-corrected chi connectivity index (χ3v) is 4.01. The zero-order chi connectivity index (χ0) is 22.1. The van der Waals surface area contributed by atoms with Crippen molar-refractivity contribution in [1.82, 2.24) is 4.90 Å². The molecule has 1 aromatic carbocycles. The molecule has 0 bridgehead atoms. The molecule has 0 saturated carbocycles. The number of nitrogens with one attached hydrogen (secondary N) is 1. The van der Waals surface area contributed by atoms with E-state index in [-0.39, 0.29) is 13.0 Å². The van der Waals surface area contributed by atoms with Crippen molar-refractivity contribution in [3.8, 4) is 0 Å². The van der Waals surface area contributed by atoms with E-state index in [1.54, 1.807) is 20.8 Å². The molecule has 0 radical (unpaired) electrons. The Balaban J connectivity index is 2.33. The Labute approximate surface area is 169 Å². The second-order valence-electron chi connectivity index (χ2n) is 7.12. The van der Waals surface area contributed by atoms with Gasteiger partial charge in [0.2, 0.25) is 0 Å². The van der Waals surface area contributed by atoms with Gasteiger partial charge in [0, 0.05) is 13.0 Å². The van der Waals surface area contributed by atoms with E-state index < -0.39 is 57.2 Å². The second-order valence-corrected chi connectivity index (χ2v) is 7.53. The summed E-state index contributed by atoms with van der Waals surface area (Å²) in [6.45, 7) is 4.56. The van der Waals surface area contributed by atoms with Crippen molar-refractivity contribution in [2.75, 3.05) is 11.9 Å². The number of halogens is 4. The van der Waals surface area contributed by atoms with Gasteiger partial charge in [0.05, 0.1) is 5.69 Å². The molecule has 0 spiro atoms. The molecule has 29 heavy (non-hydrogen) atoms. The van der Waals surface area contributed by atoms with Crippen LogP contribution in [0.15, 0.2) is 29.5 Å². The molecule has 0 atom stereocenters. The highest BCUT2D eigenvalue weighted by Crippen LogP contribution is 2.37. The SMILES string of the molecule is CC(C)(C)OC(=O)N1CCC(O)=C(C(=S)Nc2cccc(F)c2C(F)(F)F)C1=O. The second kappa shape index (κ2) is 7.97. The maximum Gasteiger partial charge on any atom is 0.421 e. The van der Waals surface area contributed by atoms with Crippen LogP contribution in [-0.4, -0.2) is 39.1 Å². The zero-order valence-corrected chi connectivity index (χ0v) is 16.5. The molecule has 1 aliphatic rings. The fraction of sp³-hybridized carbons (Fsp3) is 0.389. The van der Waals surface area contributed by atoms with Gasteiger partial charge in [-0.2, -0.15) is 13.2 Å². The molecule has 1 aromatic rings. The Morgan fingerprint density at radius 3 is 2.45 bits per heavy atom. The predicted octanol–water partition coefficient (Wildman–Crippen LogP) is 4.56. The first-order valence-electron chi connectivity index (χ1n) is 8.36. The summed E-state index contributed by atoms with van der Waals surface area (Å²) in [6, 6.07) is 2.58. The van der Waals surface area contributed by atoms with Gasteiger partial charge < -0.3 is 15.2 Å². The number of imide groups is 1. The number of anilines is 1. The lowest BCUT2D eigenvalue weighted by Gasteiger charge is -2.30. The first-order valence-corrected chi connectivity index (χ1v) is 8.77. The Morgan fingerprint density at radius 2 is 1.90 bits per heavy atom. The maximum absolute atomic E-state index is 13.7. The fourth-order valence-electron chi connectivity index (χ4n) is 2.52. The molecule has 0 aromatic heterocycles. The Kier molecular flexibility index (Phi) is 6.21. The van der Waals surface area contributed by atoms with Crippen LogP contribution >= 0.6 is 12.2 Å². The average molecular weight is 434 g/mol. The molecule has 2 N–H and O–H groups in total. The highest BCUT2D eigenvalue weighted by Gasteiger charge is 2.39. The van der Waals surface area contributed by atoms with Gasteiger partial charge in [-0.3, -0.25) is 4.79 Å². The van der Waals surface area contributed by atoms with Gasteiger partial charge >= 0.3 is 12.3 Å². The summed E-state index contributed by atoms with van der Waals surface area (Å²) in [4.78, 5) is 24.9. The molecular formula is C18H18F4N2O4S. The van der Waals surface area contributed by atoms with Crippen LogP contribution in [0.25, 0.3) is 0 Å². The molecule has 6 nitrogen and oxygen atoms in total. The average Bonchev–Trinajstić information content (AvgIpc) is 2.51. The van der Waals surface area contributed by atoms with Gasteiger partial charge in [0.25, 0.3) is 5.91 Å². The summed E-state index contributed by atoms with van der Waals surface area (Å²) >= 11 is 4.97. The van der Waals surface area contributed by atoms with Crippen LogP contribution in [0.5, 0.6) is 0 Å². The minimum atomic E-state index is -5.03. The first-order chi connectivity index (χ1) is 13.2. The van der Waals surface area contributed by atoms with Gasteiger partial charge in [-0.15, -0.1) is 0 Å². The molecule has 0 saturated heterocycles. The highest BCUT2D eigenvalue weighted by atomic mass is 32.1. The van der Waals surface area contributed by atoms with Crippen LogP contribution < -0.4 is 5.32 Å². The third kappa shape index (κ3) is 5.22. The number of thiocarbonyl (C=S) groups is 1. The molecule has 2 amide bonds. The summed E-state index contributed by atoms with van der Waals surface area (Å²) in [6.07, 6.45) is -6.19. The number of hydrogen-bond donors (Lipinski definition) is 2. The van der Waals surface area contributed by atoms with Crippen molar-refractivity contribution in [1.29, 1.82) is 0 Å². The lowest BCUT2D eigenvalue weighted by Crippen LogP contribution is -2.46. The number of amides is 2. The molecule has 11 heteroatoms. The summed E-state index contributed by atoms with van der Waals surface area (Å²) in [5, 5.41) is 12.2.